The van der Waals surface area contributed by atoms with Crippen molar-refractivity contribution in [2.24, 2.45) is 0 Å². The molecule has 0 saturated heterocycles. The van der Waals surface area contributed by atoms with Crippen molar-refractivity contribution in [1.82, 2.24) is 15.1 Å². The summed E-state index contributed by atoms with van der Waals surface area (Å²) in [5.74, 6) is 0. The predicted molar refractivity (Wildman–Crippen MR) is 73.4 cm³/mol. The maximum atomic E-state index is 12.4. The van der Waals surface area contributed by atoms with Gasteiger partial charge in [0, 0.05) is 18.8 Å². The molecule has 0 amide bonds. The topological polar surface area (TPSA) is 53.6 Å². The first kappa shape index (κ1) is 17.5. The molecule has 1 N–H and O–H groups in total. The second-order valence-corrected chi connectivity index (χ2v) is 5.69. The highest BCUT2D eigenvalue weighted by molar-refractivity contribution is 5.08. The molecule has 21 heavy (non-hydrogen) atoms. The van der Waals surface area contributed by atoms with Crippen LogP contribution in [0.25, 0.3) is 0 Å². The molecule has 118 valence electrons. The van der Waals surface area contributed by atoms with E-state index >= 15 is 0 Å². The second-order valence-electron chi connectivity index (χ2n) is 5.69. The Morgan fingerprint density at radius 2 is 2.05 bits per heavy atom. The van der Waals surface area contributed by atoms with Crippen molar-refractivity contribution >= 4 is 0 Å². The fourth-order valence-corrected chi connectivity index (χ4v) is 2.18. The summed E-state index contributed by atoms with van der Waals surface area (Å²) in [5, 5.41) is 16.1. The van der Waals surface area contributed by atoms with Gasteiger partial charge in [-0.2, -0.15) is 23.5 Å². The molecule has 0 spiro atoms. The monoisotopic (exact) mass is 302 g/mol. The van der Waals surface area contributed by atoms with Gasteiger partial charge in [-0.05, 0) is 40.0 Å². The minimum absolute atomic E-state index is 0.204. The third-order valence-corrected chi connectivity index (χ3v) is 3.13. The second kappa shape index (κ2) is 6.94. The Morgan fingerprint density at radius 1 is 1.38 bits per heavy atom. The van der Waals surface area contributed by atoms with Gasteiger partial charge in [0.15, 0.2) is 0 Å². The Hall–Kier alpha value is -1.55. The van der Waals surface area contributed by atoms with E-state index in [0.717, 1.165) is 18.8 Å². The van der Waals surface area contributed by atoms with E-state index in [1.165, 1.54) is 4.68 Å². The first-order valence-corrected chi connectivity index (χ1v) is 6.95. The van der Waals surface area contributed by atoms with Crippen LogP contribution in [0, 0.1) is 11.3 Å². The summed E-state index contributed by atoms with van der Waals surface area (Å²) >= 11 is 0. The van der Waals surface area contributed by atoms with Crippen molar-refractivity contribution in [3.8, 4) is 6.07 Å². The summed E-state index contributed by atoms with van der Waals surface area (Å²) in [5.41, 5.74) is -1.33. The van der Waals surface area contributed by atoms with E-state index in [-0.39, 0.29) is 6.04 Å². The molecule has 0 bridgehead atoms. The van der Waals surface area contributed by atoms with E-state index in [0.29, 0.717) is 19.4 Å². The van der Waals surface area contributed by atoms with Crippen LogP contribution in [0.3, 0.4) is 0 Å². The molecule has 0 fully saturated rings. The molecule has 7 heteroatoms. The van der Waals surface area contributed by atoms with Crippen LogP contribution in [-0.4, -0.2) is 21.4 Å². The fraction of sp³-hybridized carbons (Fsp3) is 0.714. The lowest BCUT2D eigenvalue weighted by Gasteiger charge is -2.25. The van der Waals surface area contributed by atoms with Gasteiger partial charge < -0.3 is 0 Å². The van der Waals surface area contributed by atoms with Gasteiger partial charge >= 0.3 is 6.18 Å². The Kier molecular flexibility index (Phi) is 5.78. The molecule has 0 aromatic carbocycles. The van der Waals surface area contributed by atoms with E-state index in [1.54, 1.807) is 0 Å². The molecule has 4 nitrogen and oxygen atoms in total. The van der Waals surface area contributed by atoms with Crippen LogP contribution in [0.2, 0.25) is 0 Å². The molecular formula is C14H21F3N4. The summed E-state index contributed by atoms with van der Waals surface area (Å²) in [6, 6.07) is 2.45. The largest absolute Gasteiger partial charge is 0.419 e. The van der Waals surface area contributed by atoms with Gasteiger partial charge in [-0.25, -0.2) is 0 Å². The SMILES string of the molecule is CC(C)NC(C)(C#N)CCCCn1cc(C(F)(F)F)cn1. The highest BCUT2D eigenvalue weighted by atomic mass is 19.4. The smallest absolute Gasteiger partial charge is 0.297 e. The number of aromatic nitrogens is 2. The number of halogens is 3. The number of nitrogens with zero attached hydrogens (tertiary/aromatic N) is 3. The van der Waals surface area contributed by atoms with Gasteiger partial charge in [0.25, 0.3) is 0 Å². The Balaban J connectivity index is 2.41. The Bertz CT molecular complexity index is 487. The third-order valence-electron chi connectivity index (χ3n) is 3.13. The number of nitrogens with one attached hydrogen (secondary N) is 1. The minimum Gasteiger partial charge on any atom is -0.297 e. The third kappa shape index (κ3) is 5.76. The molecule has 1 unspecified atom stereocenters. The zero-order chi connectivity index (χ0) is 16.1. The van der Waals surface area contributed by atoms with E-state index in [2.05, 4.69) is 16.5 Å². The van der Waals surface area contributed by atoms with Crippen molar-refractivity contribution in [3.05, 3.63) is 18.0 Å². The number of unbranched alkanes of at least 4 members (excludes halogenated alkanes) is 1. The molecule has 1 aromatic heterocycles. The van der Waals surface area contributed by atoms with Gasteiger partial charge in [0.2, 0.25) is 0 Å². The summed E-state index contributed by atoms with van der Waals surface area (Å²) < 4.78 is 38.5. The predicted octanol–water partition coefficient (Wildman–Crippen LogP) is 3.35. The van der Waals surface area contributed by atoms with Gasteiger partial charge in [-0.3, -0.25) is 10.00 Å². The summed E-state index contributed by atoms with van der Waals surface area (Å²) in [6.07, 6.45) is -0.440. The van der Waals surface area contributed by atoms with Crippen molar-refractivity contribution in [2.45, 2.75) is 64.3 Å². The Labute approximate surface area is 122 Å². The molecule has 1 rings (SSSR count). The lowest BCUT2D eigenvalue weighted by molar-refractivity contribution is -0.137. The quantitative estimate of drug-likeness (QED) is 0.786. The zero-order valence-electron chi connectivity index (χ0n) is 12.5. The molecule has 1 aromatic rings. The lowest BCUT2D eigenvalue weighted by Crippen LogP contribution is -2.44. The van der Waals surface area contributed by atoms with Crippen molar-refractivity contribution < 1.29 is 13.2 Å². The average molecular weight is 302 g/mol. The maximum absolute atomic E-state index is 12.4. The number of rotatable bonds is 7. The van der Waals surface area contributed by atoms with Gasteiger partial charge in [0.05, 0.1) is 17.8 Å². The van der Waals surface area contributed by atoms with Crippen LogP contribution in [0.1, 0.15) is 45.6 Å². The van der Waals surface area contributed by atoms with Crippen LogP contribution >= 0.6 is 0 Å². The van der Waals surface area contributed by atoms with Crippen molar-refractivity contribution in [3.63, 3.8) is 0 Å². The van der Waals surface area contributed by atoms with Crippen LogP contribution in [0.15, 0.2) is 12.4 Å². The maximum Gasteiger partial charge on any atom is 0.419 e. The summed E-state index contributed by atoms with van der Waals surface area (Å²) in [4.78, 5) is 0. The highest BCUT2D eigenvalue weighted by Gasteiger charge is 2.32. The van der Waals surface area contributed by atoms with Crippen LogP contribution in [0.4, 0.5) is 13.2 Å². The number of nitriles is 1. The van der Waals surface area contributed by atoms with E-state index in [4.69, 9.17) is 0 Å². The Morgan fingerprint density at radius 3 is 2.52 bits per heavy atom. The van der Waals surface area contributed by atoms with Crippen molar-refractivity contribution in [1.29, 1.82) is 5.26 Å². The first-order chi connectivity index (χ1) is 9.66. The van der Waals surface area contributed by atoms with Gasteiger partial charge in [-0.15, -0.1) is 0 Å². The molecule has 0 radical (unpaired) electrons. The molecular weight excluding hydrogens is 281 g/mol. The number of hydrogen-bond acceptors (Lipinski definition) is 3. The van der Waals surface area contributed by atoms with Gasteiger partial charge in [-0.1, -0.05) is 0 Å². The average Bonchev–Trinajstić information content (AvgIpc) is 2.82. The lowest BCUT2D eigenvalue weighted by atomic mass is 9.95. The zero-order valence-corrected chi connectivity index (χ0v) is 12.5. The normalized spacial score (nSPS) is 15.0. The minimum atomic E-state index is -4.35. The summed E-state index contributed by atoms with van der Waals surface area (Å²) in [7, 11) is 0. The summed E-state index contributed by atoms with van der Waals surface area (Å²) in [6.45, 7) is 6.19. The number of aryl methyl sites for hydroxylation is 1. The van der Waals surface area contributed by atoms with Crippen LogP contribution < -0.4 is 5.32 Å². The standard InChI is InChI=1S/C14H21F3N4/c1-11(2)20-13(3,10-18)6-4-5-7-21-9-12(8-19-21)14(15,16)17/h8-9,11,20H,4-7H2,1-3H3. The molecule has 1 heterocycles. The number of alkyl halides is 3. The van der Waals surface area contributed by atoms with Crippen LogP contribution in [0.5, 0.6) is 0 Å². The van der Waals surface area contributed by atoms with E-state index in [1.807, 2.05) is 20.8 Å². The van der Waals surface area contributed by atoms with E-state index < -0.39 is 17.3 Å². The highest BCUT2D eigenvalue weighted by Crippen LogP contribution is 2.28. The molecule has 0 aliphatic heterocycles. The van der Waals surface area contributed by atoms with Crippen LogP contribution in [-0.2, 0) is 12.7 Å². The molecule has 1 atom stereocenters. The molecule has 0 saturated carbocycles. The fourth-order valence-electron chi connectivity index (χ4n) is 2.18. The van der Waals surface area contributed by atoms with E-state index in [9.17, 15) is 18.4 Å². The van der Waals surface area contributed by atoms with Gasteiger partial charge in [0.1, 0.15) is 5.54 Å². The molecule has 0 aliphatic rings. The molecule has 0 aliphatic carbocycles. The first-order valence-electron chi connectivity index (χ1n) is 6.95. The van der Waals surface area contributed by atoms with Crippen molar-refractivity contribution in [2.75, 3.05) is 0 Å². The number of hydrogen-bond donors (Lipinski definition) is 1.